The number of carboxylic acid groups (broad SMARTS) is 1. The molecule has 3 rings (SSSR count). The summed E-state index contributed by atoms with van der Waals surface area (Å²) in [5.41, 5.74) is 3.43. The lowest BCUT2D eigenvalue weighted by Gasteiger charge is -2.20. The standard InChI is InChI=1S/C26H24N2O4/c1-6-7-11-22(27-5)24-16(3)23(29)20-14-15(2)13-19(25(20)32-24)17(4)28-21-12-9-8-10-18(21)26(30)31/h1,7-14,17,28H,2-5H3,(H,30,31)/b11-7-,27-22?. The smallest absolute Gasteiger partial charge is 0.337 e. The van der Waals surface area contributed by atoms with E-state index >= 15 is 0 Å². The van der Waals surface area contributed by atoms with Crippen molar-refractivity contribution >= 4 is 28.3 Å². The highest BCUT2D eigenvalue weighted by Gasteiger charge is 2.20. The van der Waals surface area contributed by atoms with Crippen molar-refractivity contribution < 1.29 is 14.3 Å². The number of para-hydroxylation sites is 1. The van der Waals surface area contributed by atoms with Crippen molar-refractivity contribution in [1.82, 2.24) is 0 Å². The number of carboxylic acids is 1. The van der Waals surface area contributed by atoms with Crippen LogP contribution in [0.4, 0.5) is 5.69 Å². The van der Waals surface area contributed by atoms with Crippen LogP contribution in [0, 0.1) is 26.2 Å². The molecule has 1 aromatic heterocycles. The van der Waals surface area contributed by atoms with E-state index in [1.165, 1.54) is 12.1 Å². The molecule has 0 amide bonds. The Labute approximate surface area is 186 Å². The Hall–Kier alpha value is -4.11. The number of allylic oxidation sites excluding steroid dienone is 2. The highest BCUT2D eigenvalue weighted by Crippen LogP contribution is 2.30. The Morgan fingerprint density at radius 1 is 1.28 bits per heavy atom. The van der Waals surface area contributed by atoms with Crippen LogP contribution in [0.25, 0.3) is 11.0 Å². The number of anilines is 1. The third kappa shape index (κ3) is 4.33. The Kier molecular flexibility index (Phi) is 6.60. The average molecular weight is 428 g/mol. The molecular formula is C26H24N2O4. The molecule has 2 N–H and O–H groups in total. The van der Waals surface area contributed by atoms with E-state index in [0.29, 0.717) is 33.7 Å². The van der Waals surface area contributed by atoms with Gasteiger partial charge in [0.15, 0.2) is 11.2 Å². The van der Waals surface area contributed by atoms with Gasteiger partial charge in [-0.3, -0.25) is 9.79 Å². The number of hydrogen-bond donors (Lipinski definition) is 2. The van der Waals surface area contributed by atoms with Gasteiger partial charge in [0.1, 0.15) is 11.3 Å². The number of benzene rings is 2. The van der Waals surface area contributed by atoms with Gasteiger partial charge in [0.2, 0.25) is 0 Å². The van der Waals surface area contributed by atoms with Crippen LogP contribution in [-0.2, 0) is 0 Å². The first-order valence-corrected chi connectivity index (χ1v) is 10.0. The second-order valence-electron chi connectivity index (χ2n) is 7.44. The third-order valence-corrected chi connectivity index (χ3v) is 5.20. The molecule has 1 unspecified atom stereocenters. The summed E-state index contributed by atoms with van der Waals surface area (Å²) in [5, 5.41) is 13.2. The van der Waals surface area contributed by atoms with Crippen LogP contribution in [0.3, 0.4) is 0 Å². The summed E-state index contributed by atoms with van der Waals surface area (Å²) in [6.45, 7) is 5.49. The molecule has 6 nitrogen and oxygen atoms in total. The maximum atomic E-state index is 13.2. The zero-order valence-electron chi connectivity index (χ0n) is 18.4. The minimum atomic E-state index is -1.03. The Morgan fingerprint density at radius 2 is 2.00 bits per heavy atom. The fourth-order valence-corrected chi connectivity index (χ4v) is 3.62. The SMILES string of the molecule is C#C/C=C\C(=NC)c1oc2c(C(C)Nc3ccccc3C(=O)O)cc(C)cc2c(=O)c1C. The summed E-state index contributed by atoms with van der Waals surface area (Å²) < 4.78 is 6.24. The van der Waals surface area contributed by atoms with Crippen LogP contribution < -0.4 is 10.7 Å². The van der Waals surface area contributed by atoms with Crippen LogP contribution in [0.5, 0.6) is 0 Å². The second kappa shape index (κ2) is 9.36. The Morgan fingerprint density at radius 3 is 2.66 bits per heavy atom. The van der Waals surface area contributed by atoms with Gasteiger partial charge in [0.25, 0.3) is 0 Å². The summed E-state index contributed by atoms with van der Waals surface area (Å²) >= 11 is 0. The van der Waals surface area contributed by atoms with E-state index in [0.717, 1.165) is 11.1 Å². The molecule has 0 aliphatic carbocycles. The van der Waals surface area contributed by atoms with Crippen LogP contribution in [-0.4, -0.2) is 23.8 Å². The fraction of sp³-hybridized carbons (Fsp3) is 0.192. The van der Waals surface area contributed by atoms with E-state index in [4.69, 9.17) is 10.8 Å². The molecule has 6 heteroatoms. The van der Waals surface area contributed by atoms with Crippen LogP contribution in [0.15, 0.2) is 62.8 Å². The van der Waals surface area contributed by atoms with Gasteiger partial charge >= 0.3 is 5.97 Å². The zero-order valence-corrected chi connectivity index (χ0v) is 18.4. The first kappa shape index (κ1) is 22.6. The minimum absolute atomic E-state index is 0.153. The lowest BCUT2D eigenvalue weighted by atomic mass is 9.99. The molecule has 1 heterocycles. The number of aliphatic imine (C=N–C) groups is 1. The van der Waals surface area contributed by atoms with Crippen LogP contribution >= 0.6 is 0 Å². The van der Waals surface area contributed by atoms with E-state index in [9.17, 15) is 14.7 Å². The third-order valence-electron chi connectivity index (χ3n) is 5.20. The van der Waals surface area contributed by atoms with Gasteiger partial charge in [-0.2, -0.15) is 0 Å². The number of hydrogen-bond acceptors (Lipinski definition) is 5. The van der Waals surface area contributed by atoms with Gasteiger partial charge in [-0.1, -0.05) is 24.1 Å². The molecule has 0 spiro atoms. The number of nitrogens with one attached hydrogen (secondary N) is 1. The van der Waals surface area contributed by atoms with Crippen LogP contribution in [0.2, 0.25) is 0 Å². The van der Waals surface area contributed by atoms with Gasteiger partial charge in [0, 0.05) is 23.9 Å². The fourth-order valence-electron chi connectivity index (χ4n) is 3.62. The maximum Gasteiger partial charge on any atom is 0.337 e. The Bertz CT molecular complexity index is 1360. The van der Waals surface area contributed by atoms with E-state index in [1.807, 2.05) is 19.9 Å². The Balaban J connectivity index is 2.21. The molecule has 2 aromatic carbocycles. The molecule has 0 saturated heterocycles. The summed E-state index contributed by atoms with van der Waals surface area (Å²) in [7, 11) is 1.60. The largest absolute Gasteiger partial charge is 0.478 e. The normalized spacial score (nSPS) is 12.7. The number of terminal acetylenes is 1. The molecule has 162 valence electrons. The second-order valence-corrected chi connectivity index (χ2v) is 7.44. The summed E-state index contributed by atoms with van der Waals surface area (Å²) in [4.78, 5) is 29.0. The lowest BCUT2D eigenvalue weighted by molar-refractivity contribution is 0.0698. The van der Waals surface area contributed by atoms with Crippen LogP contribution in [0.1, 0.15) is 45.8 Å². The van der Waals surface area contributed by atoms with Crippen molar-refractivity contribution in [3.63, 3.8) is 0 Å². The number of rotatable bonds is 6. The lowest BCUT2D eigenvalue weighted by Crippen LogP contribution is -2.16. The summed E-state index contributed by atoms with van der Waals surface area (Å²) in [6, 6.07) is 10.0. The van der Waals surface area contributed by atoms with E-state index in [-0.39, 0.29) is 17.0 Å². The van der Waals surface area contributed by atoms with Crippen molar-refractivity contribution in [3.8, 4) is 12.3 Å². The molecule has 0 saturated carbocycles. The molecule has 0 aliphatic heterocycles. The topological polar surface area (TPSA) is 91.9 Å². The van der Waals surface area contributed by atoms with E-state index in [1.54, 1.807) is 44.3 Å². The van der Waals surface area contributed by atoms with Gasteiger partial charge in [0.05, 0.1) is 17.0 Å². The molecule has 0 radical (unpaired) electrons. The monoisotopic (exact) mass is 428 g/mol. The number of fused-ring (bicyclic) bond motifs is 1. The number of aromatic carboxylic acids is 1. The predicted octanol–water partition coefficient (Wildman–Crippen LogP) is 4.89. The van der Waals surface area contributed by atoms with Gasteiger partial charge in [-0.15, -0.1) is 6.42 Å². The number of carbonyl (C=O) groups is 1. The minimum Gasteiger partial charge on any atom is -0.478 e. The van der Waals surface area contributed by atoms with Crippen molar-refractivity contribution in [2.45, 2.75) is 26.8 Å². The predicted molar refractivity (Wildman–Crippen MR) is 128 cm³/mol. The van der Waals surface area contributed by atoms with Gasteiger partial charge < -0.3 is 14.8 Å². The van der Waals surface area contributed by atoms with Crippen molar-refractivity contribution in [2.24, 2.45) is 4.99 Å². The molecule has 1 atom stereocenters. The molecule has 0 aliphatic rings. The van der Waals surface area contributed by atoms with Crippen molar-refractivity contribution in [1.29, 1.82) is 0 Å². The van der Waals surface area contributed by atoms with E-state index in [2.05, 4.69) is 16.2 Å². The quantitative estimate of drug-likeness (QED) is 0.431. The zero-order chi connectivity index (χ0) is 23.4. The molecule has 0 bridgehead atoms. The highest BCUT2D eigenvalue weighted by atomic mass is 16.4. The highest BCUT2D eigenvalue weighted by molar-refractivity contribution is 6.08. The van der Waals surface area contributed by atoms with Gasteiger partial charge in [-0.05, 0) is 56.7 Å². The van der Waals surface area contributed by atoms with Gasteiger partial charge in [-0.25, -0.2) is 4.79 Å². The number of nitrogens with zero attached hydrogens (tertiary/aromatic N) is 1. The number of aryl methyl sites for hydroxylation is 1. The molecule has 0 fully saturated rings. The molecule has 3 aromatic rings. The maximum absolute atomic E-state index is 13.2. The van der Waals surface area contributed by atoms with E-state index < -0.39 is 5.97 Å². The summed E-state index contributed by atoms with van der Waals surface area (Å²) in [6.07, 6.45) is 8.44. The average Bonchev–Trinajstić information content (AvgIpc) is 2.77. The first-order valence-electron chi connectivity index (χ1n) is 10.0. The molecular weight excluding hydrogens is 404 g/mol. The summed E-state index contributed by atoms with van der Waals surface area (Å²) in [5.74, 6) is 1.74. The molecule has 32 heavy (non-hydrogen) atoms. The first-order chi connectivity index (χ1) is 15.3. The van der Waals surface area contributed by atoms with Crippen molar-refractivity contribution in [2.75, 3.05) is 12.4 Å². The van der Waals surface area contributed by atoms with Crippen molar-refractivity contribution in [3.05, 3.63) is 86.8 Å².